The minimum atomic E-state index is -0.210. The fraction of sp³-hybridized carbons (Fsp3) is 0.182. The highest BCUT2D eigenvalue weighted by atomic mass is 16.5. The highest BCUT2D eigenvalue weighted by molar-refractivity contribution is 5.93. The summed E-state index contributed by atoms with van der Waals surface area (Å²) in [6, 6.07) is 13.5. The number of H-pyrrole nitrogens is 1. The van der Waals surface area contributed by atoms with Gasteiger partial charge in [-0.05, 0) is 31.0 Å². The smallest absolute Gasteiger partial charge is 0.254 e. The number of benzene rings is 1. The molecule has 8 nitrogen and oxygen atoms in total. The molecule has 0 saturated heterocycles. The van der Waals surface area contributed by atoms with Gasteiger partial charge < -0.3 is 20.4 Å². The highest BCUT2D eigenvalue weighted by Gasteiger charge is 2.10. The predicted molar refractivity (Wildman–Crippen MR) is 115 cm³/mol. The summed E-state index contributed by atoms with van der Waals surface area (Å²) < 4.78 is 5.09. The number of fused-ring (bicyclic) bond motifs is 1. The first-order valence-corrected chi connectivity index (χ1v) is 9.58. The van der Waals surface area contributed by atoms with Crippen LogP contribution < -0.4 is 15.4 Å². The Labute approximate surface area is 173 Å². The van der Waals surface area contributed by atoms with Gasteiger partial charge in [-0.1, -0.05) is 24.3 Å². The van der Waals surface area contributed by atoms with Gasteiger partial charge in [0.15, 0.2) is 0 Å². The van der Waals surface area contributed by atoms with E-state index in [-0.39, 0.29) is 5.91 Å². The van der Waals surface area contributed by atoms with E-state index >= 15 is 0 Å². The molecule has 30 heavy (non-hydrogen) atoms. The molecule has 4 rings (SSSR count). The van der Waals surface area contributed by atoms with Gasteiger partial charge in [0.2, 0.25) is 11.8 Å². The summed E-state index contributed by atoms with van der Waals surface area (Å²) in [5.74, 6) is 1.18. The number of hydrogen-bond donors (Lipinski definition) is 3. The Morgan fingerprint density at radius 3 is 2.70 bits per heavy atom. The fourth-order valence-corrected chi connectivity index (χ4v) is 3.28. The van der Waals surface area contributed by atoms with E-state index in [1.807, 2.05) is 25.1 Å². The summed E-state index contributed by atoms with van der Waals surface area (Å²) in [7, 11) is 1.55. The number of carbonyl (C=O) groups is 1. The van der Waals surface area contributed by atoms with Crippen molar-refractivity contribution in [3.8, 4) is 5.88 Å². The molecule has 4 aromatic rings. The van der Waals surface area contributed by atoms with Crippen LogP contribution in [0.5, 0.6) is 5.88 Å². The van der Waals surface area contributed by atoms with Crippen LogP contribution in [0.1, 0.15) is 21.6 Å². The van der Waals surface area contributed by atoms with Gasteiger partial charge in [0.25, 0.3) is 5.91 Å². The van der Waals surface area contributed by atoms with Crippen molar-refractivity contribution in [3.63, 3.8) is 0 Å². The zero-order valence-corrected chi connectivity index (χ0v) is 16.8. The minimum Gasteiger partial charge on any atom is -0.481 e. The van der Waals surface area contributed by atoms with Crippen LogP contribution in [0.3, 0.4) is 0 Å². The van der Waals surface area contributed by atoms with Gasteiger partial charge >= 0.3 is 0 Å². The van der Waals surface area contributed by atoms with Gasteiger partial charge in [-0.2, -0.15) is 4.98 Å². The summed E-state index contributed by atoms with van der Waals surface area (Å²) in [6.07, 6.45) is 3.72. The lowest BCUT2D eigenvalue weighted by Gasteiger charge is -2.07. The zero-order valence-electron chi connectivity index (χ0n) is 16.8. The number of hydrogen-bond acceptors (Lipinski definition) is 6. The lowest BCUT2D eigenvalue weighted by molar-refractivity contribution is 0.0953. The van der Waals surface area contributed by atoms with Crippen LogP contribution in [0.4, 0.5) is 11.8 Å². The van der Waals surface area contributed by atoms with Gasteiger partial charge in [-0.25, -0.2) is 9.97 Å². The summed E-state index contributed by atoms with van der Waals surface area (Å²) in [4.78, 5) is 28.4. The monoisotopic (exact) mass is 402 g/mol. The van der Waals surface area contributed by atoms with Crippen molar-refractivity contribution in [3.05, 3.63) is 71.7 Å². The molecule has 0 unspecified atom stereocenters. The third kappa shape index (κ3) is 4.22. The zero-order chi connectivity index (χ0) is 20.9. The number of pyridine rings is 1. The van der Waals surface area contributed by atoms with Crippen LogP contribution in [-0.2, 0) is 6.42 Å². The second-order valence-corrected chi connectivity index (χ2v) is 6.77. The second kappa shape index (κ2) is 8.60. The Hall–Kier alpha value is -3.94. The molecule has 3 aromatic heterocycles. The second-order valence-electron chi connectivity index (χ2n) is 6.77. The fourth-order valence-electron chi connectivity index (χ4n) is 3.28. The van der Waals surface area contributed by atoms with Crippen LogP contribution in [0.25, 0.3) is 10.9 Å². The topological polar surface area (TPSA) is 105 Å². The SMILES string of the molecule is COc1cccc(Nc2ncc(C(=O)NCCc3c(C)[nH]c4ccccc34)cn2)n1. The molecule has 0 aliphatic heterocycles. The molecule has 3 heterocycles. The Morgan fingerprint density at radius 1 is 1.10 bits per heavy atom. The van der Waals surface area contributed by atoms with E-state index in [2.05, 4.69) is 42.7 Å². The quantitative estimate of drug-likeness (QED) is 0.438. The maximum atomic E-state index is 12.4. The summed E-state index contributed by atoms with van der Waals surface area (Å²) in [5, 5.41) is 7.10. The van der Waals surface area contributed by atoms with Crippen molar-refractivity contribution >= 4 is 28.6 Å². The van der Waals surface area contributed by atoms with E-state index < -0.39 is 0 Å². The van der Waals surface area contributed by atoms with Crippen LogP contribution in [-0.4, -0.2) is 39.5 Å². The molecular weight excluding hydrogens is 380 g/mol. The molecule has 1 aromatic carbocycles. The third-order valence-electron chi connectivity index (χ3n) is 4.77. The molecular formula is C22H22N6O2. The van der Waals surface area contributed by atoms with Crippen molar-refractivity contribution in [2.45, 2.75) is 13.3 Å². The Bertz CT molecular complexity index is 1170. The van der Waals surface area contributed by atoms with Crippen LogP contribution in [0, 0.1) is 6.92 Å². The molecule has 0 aliphatic rings. The molecule has 0 radical (unpaired) electrons. The number of rotatable bonds is 7. The largest absolute Gasteiger partial charge is 0.481 e. The molecule has 0 aliphatic carbocycles. The average molecular weight is 402 g/mol. The molecule has 0 saturated carbocycles. The van der Waals surface area contributed by atoms with E-state index in [4.69, 9.17) is 4.74 Å². The Kier molecular flexibility index (Phi) is 5.56. The van der Waals surface area contributed by atoms with Crippen molar-refractivity contribution in [1.82, 2.24) is 25.3 Å². The number of nitrogens with zero attached hydrogens (tertiary/aromatic N) is 3. The Morgan fingerprint density at radius 2 is 1.90 bits per heavy atom. The minimum absolute atomic E-state index is 0.210. The van der Waals surface area contributed by atoms with Crippen LogP contribution >= 0.6 is 0 Å². The number of amides is 1. The predicted octanol–water partition coefficient (Wildman–Crippen LogP) is 3.39. The van der Waals surface area contributed by atoms with Gasteiger partial charge in [0, 0.05) is 41.6 Å². The molecule has 3 N–H and O–H groups in total. The van der Waals surface area contributed by atoms with Gasteiger partial charge in [0.05, 0.1) is 12.7 Å². The van der Waals surface area contributed by atoms with Gasteiger partial charge in [-0.3, -0.25) is 4.79 Å². The standard InChI is InChI=1S/C22H22N6O2/c1-14-16(17-6-3-4-7-18(17)26-14)10-11-23-21(29)15-12-24-22(25-13-15)28-19-8-5-9-20(27-19)30-2/h3-9,12-13,26H,10-11H2,1-2H3,(H,23,29)(H,24,25,27,28). The summed E-state index contributed by atoms with van der Waals surface area (Å²) >= 11 is 0. The number of aromatic nitrogens is 4. The van der Waals surface area contributed by atoms with E-state index in [0.29, 0.717) is 29.8 Å². The van der Waals surface area contributed by atoms with Crippen LogP contribution in [0.15, 0.2) is 54.9 Å². The van der Waals surface area contributed by atoms with E-state index in [9.17, 15) is 4.79 Å². The van der Waals surface area contributed by atoms with E-state index in [1.165, 1.54) is 23.3 Å². The number of aromatic amines is 1. The molecule has 1 amide bonds. The van der Waals surface area contributed by atoms with E-state index in [1.54, 1.807) is 19.2 Å². The maximum Gasteiger partial charge on any atom is 0.254 e. The first-order valence-electron chi connectivity index (χ1n) is 9.58. The van der Waals surface area contributed by atoms with Gasteiger partial charge in [-0.15, -0.1) is 0 Å². The lowest BCUT2D eigenvalue weighted by Crippen LogP contribution is -2.26. The summed E-state index contributed by atoms with van der Waals surface area (Å²) in [5.41, 5.74) is 3.84. The first kappa shape index (κ1) is 19.4. The highest BCUT2D eigenvalue weighted by Crippen LogP contribution is 2.22. The van der Waals surface area contributed by atoms with Crippen molar-refractivity contribution in [1.29, 1.82) is 0 Å². The maximum absolute atomic E-state index is 12.4. The van der Waals surface area contributed by atoms with Crippen molar-refractivity contribution in [2.75, 3.05) is 19.0 Å². The third-order valence-corrected chi connectivity index (χ3v) is 4.77. The average Bonchev–Trinajstić information content (AvgIpc) is 3.09. The molecule has 0 fully saturated rings. The first-order chi connectivity index (χ1) is 14.6. The lowest BCUT2D eigenvalue weighted by atomic mass is 10.1. The van der Waals surface area contributed by atoms with Crippen molar-refractivity contribution in [2.24, 2.45) is 0 Å². The molecule has 0 atom stereocenters. The van der Waals surface area contributed by atoms with Crippen LogP contribution in [0.2, 0.25) is 0 Å². The van der Waals surface area contributed by atoms with Gasteiger partial charge in [0.1, 0.15) is 5.82 Å². The molecule has 8 heteroatoms. The number of nitrogens with one attached hydrogen (secondary N) is 3. The molecule has 0 bridgehead atoms. The number of anilines is 2. The molecule has 152 valence electrons. The number of para-hydroxylation sites is 1. The Balaban J connectivity index is 1.35. The van der Waals surface area contributed by atoms with Crippen molar-refractivity contribution < 1.29 is 9.53 Å². The summed E-state index contributed by atoms with van der Waals surface area (Å²) in [6.45, 7) is 2.57. The normalized spacial score (nSPS) is 10.7. The van der Waals surface area contributed by atoms with E-state index in [0.717, 1.165) is 17.6 Å². The number of ether oxygens (including phenoxy) is 1. The number of aryl methyl sites for hydroxylation is 1. The molecule has 0 spiro atoms. The number of methoxy groups -OCH3 is 1. The number of carbonyl (C=O) groups excluding carboxylic acids is 1.